The molecule has 0 amide bonds. The Labute approximate surface area is 91.5 Å². The van der Waals surface area contributed by atoms with Gasteiger partial charge in [0.25, 0.3) is 0 Å². The van der Waals surface area contributed by atoms with Crippen molar-refractivity contribution in [2.24, 2.45) is 0 Å². The van der Waals surface area contributed by atoms with Gasteiger partial charge in [0.15, 0.2) is 0 Å². The van der Waals surface area contributed by atoms with Gasteiger partial charge in [-0.2, -0.15) is 13.2 Å². The first-order chi connectivity index (χ1) is 7.49. The van der Waals surface area contributed by atoms with Crippen molar-refractivity contribution in [3.63, 3.8) is 0 Å². The van der Waals surface area contributed by atoms with Gasteiger partial charge in [0.2, 0.25) is 0 Å². The monoisotopic (exact) mass is 228 g/mol. The second-order valence-corrected chi connectivity index (χ2v) is 3.16. The minimum absolute atomic E-state index is 0.297. The molecule has 0 aliphatic heterocycles. The molecule has 0 spiro atoms. The molecule has 0 aliphatic rings. The molecule has 1 N–H and O–H groups in total. The summed E-state index contributed by atoms with van der Waals surface area (Å²) in [6, 6.07) is 3.23. The summed E-state index contributed by atoms with van der Waals surface area (Å²) >= 11 is 0. The SMILES string of the molecule is C=C/C=C/c1cc(C(F)(F)F)ccc1CO. The molecule has 1 nitrogen and oxygen atoms in total. The number of benzene rings is 1. The Morgan fingerprint density at radius 3 is 2.50 bits per heavy atom. The molecule has 16 heavy (non-hydrogen) atoms. The number of allylic oxidation sites excluding steroid dienone is 2. The molecule has 1 rings (SSSR count). The summed E-state index contributed by atoms with van der Waals surface area (Å²) in [7, 11) is 0. The zero-order valence-corrected chi connectivity index (χ0v) is 8.46. The Morgan fingerprint density at radius 2 is 2.00 bits per heavy atom. The lowest BCUT2D eigenvalue weighted by Crippen LogP contribution is -2.05. The van der Waals surface area contributed by atoms with Crippen LogP contribution in [0.2, 0.25) is 0 Å². The minimum Gasteiger partial charge on any atom is -0.392 e. The highest BCUT2D eigenvalue weighted by molar-refractivity contribution is 5.56. The third kappa shape index (κ3) is 2.97. The summed E-state index contributed by atoms with van der Waals surface area (Å²) in [4.78, 5) is 0. The average molecular weight is 228 g/mol. The average Bonchev–Trinajstić information content (AvgIpc) is 2.24. The molecule has 0 atom stereocenters. The third-order valence-electron chi connectivity index (χ3n) is 2.06. The smallest absolute Gasteiger partial charge is 0.392 e. The molecule has 1 aromatic rings. The van der Waals surface area contributed by atoms with Crippen LogP contribution in [0.4, 0.5) is 13.2 Å². The zero-order valence-electron chi connectivity index (χ0n) is 8.46. The van der Waals surface area contributed by atoms with Crippen LogP contribution in [0.25, 0.3) is 6.08 Å². The maximum absolute atomic E-state index is 12.4. The Balaban J connectivity index is 3.21. The molecule has 1 aromatic carbocycles. The highest BCUT2D eigenvalue weighted by Gasteiger charge is 2.30. The minimum atomic E-state index is -4.37. The fourth-order valence-electron chi connectivity index (χ4n) is 1.24. The van der Waals surface area contributed by atoms with Gasteiger partial charge >= 0.3 is 6.18 Å². The Morgan fingerprint density at radius 1 is 1.31 bits per heavy atom. The quantitative estimate of drug-likeness (QED) is 0.786. The molecule has 0 heterocycles. The first-order valence-electron chi connectivity index (χ1n) is 4.59. The lowest BCUT2D eigenvalue weighted by molar-refractivity contribution is -0.137. The van der Waals surface area contributed by atoms with E-state index in [0.29, 0.717) is 11.1 Å². The van der Waals surface area contributed by atoms with Gasteiger partial charge in [-0.3, -0.25) is 0 Å². The molecule has 4 heteroatoms. The molecular weight excluding hydrogens is 217 g/mol. The molecule has 86 valence electrons. The Bertz CT molecular complexity index is 405. The van der Waals surface area contributed by atoms with E-state index in [1.165, 1.54) is 24.3 Å². The summed E-state index contributed by atoms with van der Waals surface area (Å²) < 4.78 is 37.3. The van der Waals surface area contributed by atoms with Crippen LogP contribution in [0.5, 0.6) is 0 Å². The van der Waals surface area contributed by atoms with Crippen molar-refractivity contribution in [3.05, 3.63) is 53.6 Å². The van der Waals surface area contributed by atoms with Crippen LogP contribution in [0, 0.1) is 0 Å². The summed E-state index contributed by atoms with van der Waals surface area (Å²) in [5.41, 5.74) is 0.0664. The highest BCUT2D eigenvalue weighted by atomic mass is 19.4. The number of rotatable bonds is 3. The third-order valence-corrected chi connectivity index (χ3v) is 2.06. The largest absolute Gasteiger partial charge is 0.416 e. The predicted octanol–water partition coefficient (Wildman–Crippen LogP) is 3.40. The van der Waals surface area contributed by atoms with Crippen LogP contribution < -0.4 is 0 Å². The van der Waals surface area contributed by atoms with Crippen LogP contribution in [0.1, 0.15) is 16.7 Å². The van der Waals surface area contributed by atoms with E-state index in [1.807, 2.05) is 0 Å². The van der Waals surface area contributed by atoms with Crippen LogP contribution in [0.3, 0.4) is 0 Å². The van der Waals surface area contributed by atoms with E-state index in [0.717, 1.165) is 12.1 Å². The van der Waals surface area contributed by atoms with E-state index < -0.39 is 11.7 Å². The lowest BCUT2D eigenvalue weighted by atomic mass is 10.0. The lowest BCUT2D eigenvalue weighted by Gasteiger charge is -2.09. The second kappa shape index (κ2) is 4.99. The summed E-state index contributed by atoms with van der Waals surface area (Å²) in [6.45, 7) is 3.13. The van der Waals surface area contributed by atoms with Crippen LogP contribution in [-0.4, -0.2) is 5.11 Å². The van der Waals surface area contributed by atoms with E-state index in [9.17, 15) is 13.2 Å². The van der Waals surface area contributed by atoms with E-state index >= 15 is 0 Å². The van der Waals surface area contributed by atoms with E-state index in [1.54, 1.807) is 0 Å². The van der Waals surface area contributed by atoms with E-state index in [-0.39, 0.29) is 6.61 Å². The molecule has 0 aromatic heterocycles. The van der Waals surface area contributed by atoms with Gasteiger partial charge in [-0.1, -0.05) is 30.9 Å². The van der Waals surface area contributed by atoms with Crippen molar-refractivity contribution in [2.45, 2.75) is 12.8 Å². The van der Waals surface area contributed by atoms with E-state index in [4.69, 9.17) is 5.11 Å². The first-order valence-corrected chi connectivity index (χ1v) is 4.59. The van der Waals surface area contributed by atoms with Crippen molar-refractivity contribution in [2.75, 3.05) is 0 Å². The Kier molecular flexibility index (Phi) is 3.90. The summed E-state index contributed by atoms with van der Waals surface area (Å²) in [5, 5.41) is 8.97. The molecule has 0 saturated carbocycles. The van der Waals surface area contributed by atoms with Gasteiger partial charge in [-0.15, -0.1) is 0 Å². The van der Waals surface area contributed by atoms with E-state index in [2.05, 4.69) is 6.58 Å². The molecular formula is C12H11F3O. The van der Waals surface area contributed by atoms with Gasteiger partial charge < -0.3 is 5.11 Å². The first kappa shape index (κ1) is 12.5. The van der Waals surface area contributed by atoms with Gasteiger partial charge in [0.05, 0.1) is 12.2 Å². The maximum atomic E-state index is 12.4. The van der Waals surface area contributed by atoms with Crippen molar-refractivity contribution < 1.29 is 18.3 Å². The topological polar surface area (TPSA) is 20.2 Å². The van der Waals surface area contributed by atoms with Crippen LogP contribution in [0.15, 0.2) is 36.9 Å². The number of alkyl halides is 3. The predicted molar refractivity (Wildman–Crippen MR) is 56.6 cm³/mol. The van der Waals surface area contributed by atoms with Crippen LogP contribution >= 0.6 is 0 Å². The molecule has 0 saturated heterocycles. The summed E-state index contributed by atoms with van der Waals surface area (Å²) in [5.74, 6) is 0. The summed E-state index contributed by atoms with van der Waals surface area (Å²) in [6.07, 6.45) is 0.0919. The van der Waals surface area contributed by atoms with Gasteiger partial charge in [0.1, 0.15) is 0 Å². The van der Waals surface area contributed by atoms with Gasteiger partial charge in [-0.05, 0) is 23.3 Å². The molecule has 0 unspecified atom stereocenters. The van der Waals surface area contributed by atoms with Crippen LogP contribution in [-0.2, 0) is 12.8 Å². The number of hydrogen-bond acceptors (Lipinski definition) is 1. The fourth-order valence-corrected chi connectivity index (χ4v) is 1.24. The molecule has 0 fully saturated rings. The second-order valence-electron chi connectivity index (χ2n) is 3.16. The maximum Gasteiger partial charge on any atom is 0.416 e. The number of aliphatic hydroxyl groups is 1. The number of hydrogen-bond donors (Lipinski definition) is 1. The molecule has 0 bridgehead atoms. The standard InChI is InChI=1S/C12H11F3O/c1-2-3-4-9-7-11(12(13,14)15)6-5-10(9)8-16/h2-7,16H,1,8H2/b4-3+. The molecule has 0 aliphatic carbocycles. The normalized spacial score (nSPS) is 12.0. The fraction of sp³-hybridized carbons (Fsp3) is 0.167. The van der Waals surface area contributed by atoms with Crippen molar-refractivity contribution in [1.82, 2.24) is 0 Å². The Hall–Kier alpha value is -1.55. The zero-order chi connectivity index (χ0) is 12.2. The van der Waals surface area contributed by atoms with Gasteiger partial charge in [0, 0.05) is 0 Å². The molecule has 0 radical (unpaired) electrons. The van der Waals surface area contributed by atoms with Gasteiger partial charge in [-0.25, -0.2) is 0 Å². The van der Waals surface area contributed by atoms with Crippen molar-refractivity contribution >= 4 is 6.08 Å². The number of aliphatic hydroxyl groups excluding tert-OH is 1. The van der Waals surface area contributed by atoms with Crippen molar-refractivity contribution in [1.29, 1.82) is 0 Å². The highest BCUT2D eigenvalue weighted by Crippen LogP contribution is 2.30. The number of halogens is 3. The van der Waals surface area contributed by atoms with Crippen molar-refractivity contribution in [3.8, 4) is 0 Å².